The Bertz CT molecular complexity index is 222. The molecule has 0 bridgehead atoms. The first kappa shape index (κ1) is 8.25. The summed E-state index contributed by atoms with van der Waals surface area (Å²) < 4.78 is 1.34. The molecule has 0 saturated carbocycles. The Hall–Kier alpha value is 0.155. The van der Waals surface area contributed by atoms with Crippen molar-refractivity contribution in [2.45, 2.75) is 0 Å². The van der Waals surface area contributed by atoms with Crippen molar-refractivity contribution in [3.05, 3.63) is 38.8 Å². The van der Waals surface area contributed by atoms with E-state index < -0.39 is 0 Å². The molecule has 10 heavy (non-hydrogen) atoms. The Balaban J connectivity index is 2.87. The zero-order valence-corrected chi connectivity index (χ0v) is 6.46. The van der Waals surface area contributed by atoms with Crippen LogP contribution in [0.3, 0.4) is 0 Å². The molecule has 0 fully saturated rings. The van der Waals surface area contributed by atoms with Gasteiger partial charge >= 0.3 is 80.3 Å². The van der Waals surface area contributed by atoms with Gasteiger partial charge < -0.3 is 0 Å². The molecule has 0 amide bonds. The van der Waals surface area contributed by atoms with Crippen molar-refractivity contribution in [1.29, 1.82) is 0 Å². The third-order valence-electron chi connectivity index (χ3n) is 1.25. The van der Waals surface area contributed by atoms with Gasteiger partial charge in [-0.2, -0.15) is 0 Å². The van der Waals surface area contributed by atoms with E-state index in [0.717, 1.165) is 0 Å². The monoisotopic (exact) mass is 116 g/mol. The second-order valence-corrected chi connectivity index (χ2v) is 2.63. The molecule has 0 unspecified atom stereocenters. The number of hydrogen-bond acceptors (Lipinski definition) is 0. The van der Waals surface area contributed by atoms with Crippen LogP contribution in [-0.2, 0) is 0 Å². The molecule has 0 radical (unpaired) electrons. The fourth-order valence-electron chi connectivity index (χ4n) is 0.883. The van der Waals surface area contributed by atoms with Crippen LogP contribution in [0.4, 0.5) is 0 Å². The van der Waals surface area contributed by atoms with E-state index in [1.54, 1.807) is 0 Å². The van der Waals surface area contributed by atoms with Crippen molar-refractivity contribution in [3.8, 4) is 0 Å². The summed E-state index contributed by atoms with van der Waals surface area (Å²) in [5.41, 5.74) is 1.28. The molecular weight excluding hydrogens is 110 g/mol. The summed E-state index contributed by atoms with van der Waals surface area (Å²) in [7, 11) is 0. The third kappa shape index (κ3) is 2.83. The molecule has 2 heteroatoms. The van der Waals surface area contributed by atoms with Gasteiger partial charge in [0.1, 0.15) is 0 Å². The Morgan fingerprint density at radius 2 is 1.70 bits per heavy atom. The average Bonchev–Trinajstić information content (AvgIpc) is 1.88. The molecule has 0 spiro atoms. The van der Waals surface area contributed by atoms with Crippen molar-refractivity contribution in [1.82, 2.24) is 0 Å². The first-order chi connectivity index (χ1) is 4.79. The van der Waals surface area contributed by atoms with E-state index in [4.69, 9.17) is 0 Å². The SMILES string of the molecule is [Li][C]([Li])=Cc1ccccc1. The first-order valence-corrected chi connectivity index (χ1v) is 3.49. The van der Waals surface area contributed by atoms with Gasteiger partial charge in [-0.3, -0.25) is 0 Å². The molecule has 0 atom stereocenters. The summed E-state index contributed by atoms with van der Waals surface area (Å²) in [6.07, 6.45) is 2.17. The number of hydrogen-bond donors (Lipinski definition) is 0. The van der Waals surface area contributed by atoms with Crippen LogP contribution >= 0.6 is 0 Å². The summed E-state index contributed by atoms with van der Waals surface area (Å²) in [5.74, 6) is 0. The van der Waals surface area contributed by atoms with Gasteiger partial charge in [0.05, 0.1) is 0 Å². The van der Waals surface area contributed by atoms with Crippen molar-refractivity contribution < 1.29 is 0 Å². The van der Waals surface area contributed by atoms with Crippen LogP contribution in [0.5, 0.6) is 0 Å². The van der Waals surface area contributed by atoms with E-state index >= 15 is 0 Å². The molecule has 0 heterocycles. The summed E-state index contributed by atoms with van der Waals surface area (Å²) >= 11 is 4.21. The van der Waals surface area contributed by atoms with Crippen LogP contribution in [0.25, 0.3) is 6.08 Å². The van der Waals surface area contributed by atoms with Gasteiger partial charge in [0.2, 0.25) is 0 Å². The van der Waals surface area contributed by atoms with Crippen molar-refractivity contribution in [2.24, 2.45) is 0 Å². The molecule has 0 nitrogen and oxygen atoms in total. The maximum absolute atomic E-state index is 2.17. The Morgan fingerprint density at radius 1 is 1.10 bits per heavy atom. The molecule has 0 aliphatic rings. The van der Waals surface area contributed by atoms with Crippen LogP contribution in [0.15, 0.2) is 33.3 Å². The van der Waals surface area contributed by atoms with Gasteiger partial charge in [0.15, 0.2) is 0 Å². The Labute approximate surface area is 80.1 Å². The van der Waals surface area contributed by atoms with Gasteiger partial charge in [-0.15, -0.1) is 0 Å². The molecular formula is C8H6Li2. The van der Waals surface area contributed by atoms with E-state index in [2.05, 4.69) is 65.8 Å². The normalized spacial score (nSPS) is 9.20. The molecule has 1 aromatic rings. The zero-order valence-electron chi connectivity index (χ0n) is 6.46. The van der Waals surface area contributed by atoms with Crippen LogP contribution in [0.1, 0.15) is 5.56 Å². The van der Waals surface area contributed by atoms with Gasteiger partial charge in [0.25, 0.3) is 0 Å². The summed E-state index contributed by atoms with van der Waals surface area (Å²) in [6, 6.07) is 10.3. The average molecular weight is 116 g/mol. The molecule has 0 N–H and O–H groups in total. The minimum absolute atomic E-state index is 1.28. The van der Waals surface area contributed by atoms with Gasteiger partial charge in [-0.25, -0.2) is 0 Å². The first-order valence-electron chi connectivity index (χ1n) is 3.49. The fourth-order valence-corrected chi connectivity index (χ4v) is 0.883. The minimum atomic E-state index is 1.28. The van der Waals surface area contributed by atoms with Crippen molar-refractivity contribution >= 4 is 41.5 Å². The molecule has 0 aliphatic heterocycles. The molecule has 1 aromatic carbocycles. The van der Waals surface area contributed by atoms with E-state index in [1.807, 2.05) is 6.07 Å². The Morgan fingerprint density at radius 3 is 2.20 bits per heavy atom. The standard InChI is InChI=1S/C8H6.2Li/c1-2-8-6-4-3-5-7-8;;/h2-7H;;. The topological polar surface area (TPSA) is 0 Å². The van der Waals surface area contributed by atoms with E-state index in [9.17, 15) is 0 Å². The molecule has 0 aromatic heterocycles. The van der Waals surface area contributed by atoms with Crippen LogP contribution in [-0.4, -0.2) is 35.4 Å². The number of benzene rings is 1. The summed E-state index contributed by atoms with van der Waals surface area (Å²) in [4.78, 5) is 0. The van der Waals surface area contributed by atoms with Crippen LogP contribution in [0, 0.1) is 0 Å². The Kier molecular flexibility index (Phi) is 3.40. The fraction of sp³-hybridized carbons (Fsp3) is 0. The van der Waals surface area contributed by atoms with E-state index in [1.165, 1.54) is 8.48 Å². The van der Waals surface area contributed by atoms with Crippen LogP contribution in [0.2, 0.25) is 0 Å². The predicted molar refractivity (Wildman–Crippen MR) is 45.9 cm³/mol. The van der Waals surface area contributed by atoms with Crippen molar-refractivity contribution in [3.63, 3.8) is 0 Å². The summed E-state index contributed by atoms with van der Waals surface area (Å²) in [5, 5.41) is 0. The van der Waals surface area contributed by atoms with Gasteiger partial charge in [-0.05, 0) is 0 Å². The van der Waals surface area contributed by atoms with Gasteiger partial charge in [0, 0.05) is 0 Å². The molecule has 0 saturated heterocycles. The second-order valence-electron chi connectivity index (χ2n) is 2.63. The van der Waals surface area contributed by atoms with Gasteiger partial charge in [-0.1, -0.05) is 0 Å². The quantitative estimate of drug-likeness (QED) is 0.485. The van der Waals surface area contributed by atoms with E-state index in [0.29, 0.717) is 0 Å². The third-order valence-corrected chi connectivity index (χ3v) is 1.25. The molecule has 40 valence electrons. The second kappa shape index (κ2) is 4.12. The van der Waals surface area contributed by atoms with Crippen LogP contribution < -0.4 is 0 Å². The zero-order chi connectivity index (χ0) is 7.40. The van der Waals surface area contributed by atoms with E-state index in [-0.39, 0.29) is 0 Å². The summed E-state index contributed by atoms with van der Waals surface area (Å²) in [6.45, 7) is 0. The molecule has 1 rings (SSSR count). The maximum atomic E-state index is 2.17. The molecule has 0 aliphatic carbocycles. The number of rotatable bonds is 1. The predicted octanol–water partition coefficient (Wildman–Crippen LogP) is 1.32. The van der Waals surface area contributed by atoms with Crippen molar-refractivity contribution in [2.75, 3.05) is 0 Å².